The summed E-state index contributed by atoms with van der Waals surface area (Å²) in [6.07, 6.45) is -2.34. The molecule has 1 aliphatic rings. The van der Waals surface area contributed by atoms with Gasteiger partial charge in [0.25, 0.3) is 0 Å². The summed E-state index contributed by atoms with van der Waals surface area (Å²) in [5, 5.41) is 3.26. The zero-order valence-corrected chi connectivity index (χ0v) is 10.7. The van der Waals surface area contributed by atoms with E-state index in [1.165, 1.54) is 0 Å². The fraction of sp³-hybridized carbons (Fsp3) is 0.571. The number of nitrogens with zero attached hydrogens (tertiary/aromatic N) is 1. The van der Waals surface area contributed by atoms with E-state index in [2.05, 4.69) is 10.2 Å². The monoisotopic (exact) mass is 254 g/mol. The second-order valence-corrected chi connectivity index (χ2v) is 4.84. The van der Waals surface area contributed by atoms with Crippen molar-refractivity contribution >= 4 is 0 Å². The van der Waals surface area contributed by atoms with Crippen LogP contribution in [-0.2, 0) is 0 Å². The van der Waals surface area contributed by atoms with E-state index >= 15 is 0 Å². The molecule has 0 bridgehead atoms. The molecule has 0 saturated carbocycles. The van der Waals surface area contributed by atoms with E-state index in [1.54, 1.807) is 0 Å². The SMILES string of the molecule is Cc1cccc([C@@H](CC(F)F)N2CCNCC2)c1. The minimum atomic E-state index is -2.26. The molecule has 1 atom stereocenters. The molecule has 1 N–H and O–H groups in total. The molecule has 100 valence electrons. The lowest BCUT2D eigenvalue weighted by molar-refractivity contribution is 0.0739. The van der Waals surface area contributed by atoms with Crippen LogP contribution in [-0.4, -0.2) is 37.5 Å². The molecule has 1 aromatic rings. The first kappa shape index (κ1) is 13.4. The highest BCUT2D eigenvalue weighted by atomic mass is 19.3. The van der Waals surface area contributed by atoms with Gasteiger partial charge in [-0.1, -0.05) is 29.8 Å². The lowest BCUT2D eigenvalue weighted by atomic mass is 9.99. The van der Waals surface area contributed by atoms with Crippen LogP contribution in [0, 0.1) is 6.92 Å². The molecule has 1 heterocycles. The summed E-state index contributed by atoms with van der Waals surface area (Å²) in [5.41, 5.74) is 2.14. The van der Waals surface area contributed by atoms with Gasteiger partial charge in [0, 0.05) is 38.6 Å². The Balaban J connectivity index is 2.18. The molecule has 0 radical (unpaired) electrons. The molecular formula is C14H20F2N2. The molecule has 4 heteroatoms. The Hall–Kier alpha value is -1.00. The maximum Gasteiger partial charge on any atom is 0.240 e. The minimum Gasteiger partial charge on any atom is -0.314 e. The van der Waals surface area contributed by atoms with E-state index in [4.69, 9.17) is 0 Å². The van der Waals surface area contributed by atoms with Crippen molar-refractivity contribution in [3.8, 4) is 0 Å². The lowest BCUT2D eigenvalue weighted by Crippen LogP contribution is -2.45. The van der Waals surface area contributed by atoms with Gasteiger partial charge in [-0.15, -0.1) is 0 Å². The fourth-order valence-corrected chi connectivity index (χ4v) is 2.54. The van der Waals surface area contributed by atoms with Gasteiger partial charge in [-0.3, -0.25) is 4.90 Å². The molecule has 2 rings (SSSR count). The van der Waals surface area contributed by atoms with E-state index < -0.39 is 6.43 Å². The van der Waals surface area contributed by atoms with Gasteiger partial charge in [0.05, 0.1) is 0 Å². The predicted molar refractivity (Wildman–Crippen MR) is 69.0 cm³/mol. The van der Waals surface area contributed by atoms with Crippen molar-refractivity contribution < 1.29 is 8.78 Å². The van der Waals surface area contributed by atoms with Crippen LogP contribution in [0.3, 0.4) is 0 Å². The first-order valence-corrected chi connectivity index (χ1v) is 6.46. The second-order valence-electron chi connectivity index (χ2n) is 4.84. The molecule has 0 unspecified atom stereocenters. The average Bonchev–Trinajstić information content (AvgIpc) is 2.37. The normalized spacial score (nSPS) is 19.1. The van der Waals surface area contributed by atoms with Crippen molar-refractivity contribution in [1.82, 2.24) is 10.2 Å². The summed E-state index contributed by atoms with van der Waals surface area (Å²) < 4.78 is 25.6. The van der Waals surface area contributed by atoms with Crippen LogP contribution in [0.25, 0.3) is 0 Å². The number of rotatable bonds is 4. The van der Waals surface area contributed by atoms with Crippen LogP contribution >= 0.6 is 0 Å². The number of hydrogen-bond donors (Lipinski definition) is 1. The number of nitrogens with one attached hydrogen (secondary N) is 1. The van der Waals surface area contributed by atoms with E-state index in [-0.39, 0.29) is 12.5 Å². The maximum atomic E-state index is 12.8. The lowest BCUT2D eigenvalue weighted by Gasteiger charge is -2.35. The van der Waals surface area contributed by atoms with E-state index in [9.17, 15) is 8.78 Å². The van der Waals surface area contributed by atoms with Crippen LogP contribution < -0.4 is 5.32 Å². The van der Waals surface area contributed by atoms with Crippen molar-refractivity contribution in [2.24, 2.45) is 0 Å². The highest BCUT2D eigenvalue weighted by Gasteiger charge is 2.25. The highest BCUT2D eigenvalue weighted by Crippen LogP contribution is 2.28. The van der Waals surface area contributed by atoms with Gasteiger partial charge < -0.3 is 5.32 Å². The fourth-order valence-electron chi connectivity index (χ4n) is 2.54. The number of aryl methyl sites for hydroxylation is 1. The topological polar surface area (TPSA) is 15.3 Å². The minimum absolute atomic E-state index is 0.0799. The van der Waals surface area contributed by atoms with Crippen LogP contribution in [0.1, 0.15) is 23.6 Å². The van der Waals surface area contributed by atoms with E-state index in [0.29, 0.717) is 0 Å². The van der Waals surface area contributed by atoms with Crippen LogP contribution in [0.4, 0.5) is 8.78 Å². The van der Waals surface area contributed by atoms with Gasteiger partial charge >= 0.3 is 0 Å². The maximum absolute atomic E-state index is 12.8. The summed E-state index contributed by atoms with van der Waals surface area (Å²) in [6, 6.07) is 7.77. The third-order valence-electron chi connectivity index (χ3n) is 3.42. The van der Waals surface area contributed by atoms with Crippen molar-refractivity contribution in [1.29, 1.82) is 0 Å². The third kappa shape index (κ3) is 3.50. The van der Waals surface area contributed by atoms with Gasteiger partial charge in [-0.05, 0) is 12.5 Å². The molecule has 1 aromatic carbocycles. The summed E-state index contributed by atoms with van der Waals surface area (Å²) in [7, 11) is 0. The number of piperazine rings is 1. The van der Waals surface area contributed by atoms with Crippen molar-refractivity contribution in [2.75, 3.05) is 26.2 Å². The third-order valence-corrected chi connectivity index (χ3v) is 3.42. The quantitative estimate of drug-likeness (QED) is 0.888. The van der Waals surface area contributed by atoms with Crippen LogP contribution in [0.2, 0.25) is 0 Å². The summed E-state index contributed by atoms with van der Waals surface area (Å²) >= 11 is 0. The number of halogens is 2. The molecule has 1 saturated heterocycles. The Labute approximate surface area is 107 Å². The summed E-state index contributed by atoms with van der Waals surface area (Å²) in [4.78, 5) is 2.16. The molecule has 2 nitrogen and oxygen atoms in total. The molecular weight excluding hydrogens is 234 g/mol. The number of hydrogen-bond acceptors (Lipinski definition) is 2. The Morgan fingerprint density at radius 2 is 2.00 bits per heavy atom. The molecule has 0 aliphatic carbocycles. The van der Waals surface area contributed by atoms with E-state index in [1.807, 2.05) is 31.2 Å². The largest absolute Gasteiger partial charge is 0.314 e. The molecule has 1 aliphatic heterocycles. The Morgan fingerprint density at radius 3 is 2.61 bits per heavy atom. The summed E-state index contributed by atoms with van der Waals surface area (Å²) in [5.74, 6) is 0. The molecule has 0 amide bonds. The van der Waals surface area contributed by atoms with Gasteiger partial charge in [-0.2, -0.15) is 0 Å². The molecule has 0 spiro atoms. The zero-order valence-electron chi connectivity index (χ0n) is 10.7. The first-order chi connectivity index (χ1) is 8.66. The predicted octanol–water partition coefficient (Wildman–Crippen LogP) is 2.60. The average molecular weight is 254 g/mol. The van der Waals surface area contributed by atoms with E-state index in [0.717, 1.165) is 37.3 Å². The number of alkyl halides is 2. The Kier molecular flexibility index (Phi) is 4.66. The van der Waals surface area contributed by atoms with Crippen molar-refractivity contribution in [3.05, 3.63) is 35.4 Å². The Bertz CT molecular complexity index is 376. The van der Waals surface area contributed by atoms with Crippen LogP contribution in [0.15, 0.2) is 24.3 Å². The van der Waals surface area contributed by atoms with Gasteiger partial charge in [0.2, 0.25) is 6.43 Å². The van der Waals surface area contributed by atoms with Gasteiger partial charge in [0.15, 0.2) is 0 Å². The van der Waals surface area contributed by atoms with Crippen LogP contribution in [0.5, 0.6) is 0 Å². The smallest absolute Gasteiger partial charge is 0.240 e. The zero-order chi connectivity index (χ0) is 13.0. The number of benzene rings is 1. The standard InChI is InChI=1S/C14H20F2N2/c1-11-3-2-4-12(9-11)13(10-14(15)16)18-7-5-17-6-8-18/h2-4,9,13-14,17H,5-8,10H2,1H3/t13-/m1/s1. The van der Waals surface area contributed by atoms with Crippen molar-refractivity contribution in [3.63, 3.8) is 0 Å². The van der Waals surface area contributed by atoms with Gasteiger partial charge in [0.1, 0.15) is 0 Å². The second kappa shape index (κ2) is 6.25. The summed E-state index contributed by atoms with van der Waals surface area (Å²) in [6.45, 7) is 5.44. The molecule has 18 heavy (non-hydrogen) atoms. The molecule has 1 fully saturated rings. The van der Waals surface area contributed by atoms with Crippen molar-refractivity contribution in [2.45, 2.75) is 25.8 Å². The van der Waals surface area contributed by atoms with Gasteiger partial charge in [-0.25, -0.2) is 8.78 Å². The Morgan fingerprint density at radius 1 is 1.28 bits per heavy atom. The molecule has 0 aromatic heterocycles. The highest BCUT2D eigenvalue weighted by molar-refractivity contribution is 5.25. The first-order valence-electron chi connectivity index (χ1n) is 6.46.